The molecule has 0 aliphatic carbocycles. The second-order valence-electron chi connectivity index (χ2n) is 18.3. The van der Waals surface area contributed by atoms with Gasteiger partial charge < -0.3 is 20.3 Å². The molecule has 0 heterocycles. The van der Waals surface area contributed by atoms with E-state index in [0.29, 0.717) is 19.3 Å². The fraction of sp³-hybridized carbons (Fsp3) is 0.925. The van der Waals surface area contributed by atoms with Crippen molar-refractivity contribution in [2.75, 3.05) is 6.61 Å². The van der Waals surface area contributed by atoms with Gasteiger partial charge in [0, 0.05) is 6.42 Å². The number of carbonyl (C=O) groups excluding carboxylic acids is 2. The Bertz CT molecular complexity index is 893. The summed E-state index contributed by atoms with van der Waals surface area (Å²) in [6.45, 7) is 6.49. The summed E-state index contributed by atoms with van der Waals surface area (Å²) >= 11 is 0. The van der Waals surface area contributed by atoms with Crippen LogP contribution in [0.5, 0.6) is 0 Å². The number of ether oxygens (including phenoxy) is 1. The molecule has 0 aromatic rings. The minimum Gasteiger partial charge on any atom is -0.462 e. The van der Waals surface area contributed by atoms with E-state index in [9.17, 15) is 19.8 Å². The third-order valence-corrected chi connectivity index (χ3v) is 12.3. The zero-order valence-corrected chi connectivity index (χ0v) is 39.9. The molecule has 0 saturated carbocycles. The second kappa shape index (κ2) is 47.6. The lowest BCUT2D eigenvalue weighted by atomic mass is 10.0. The third-order valence-electron chi connectivity index (χ3n) is 12.3. The maximum absolute atomic E-state index is 13.2. The Labute approximate surface area is 368 Å². The van der Waals surface area contributed by atoms with Gasteiger partial charge in [0.05, 0.1) is 25.2 Å². The van der Waals surface area contributed by atoms with Gasteiger partial charge in [-0.15, -0.1) is 0 Å². The largest absolute Gasteiger partial charge is 0.462 e. The quantitative estimate of drug-likeness (QED) is 0.0322. The van der Waals surface area contributed by atoms with Gasteiger partial charge in [-0.3, -0.25) is 9.59 Å². The first-order valence-corrected chi connectivity index (χ1v) is 26.4. The molecule has 0 spiro atoms. The highest BCUT2D eigenvalue weighted by atomic mass is 16.5. The predicted molar refractivity (Wildman–Crippen MR) is 255 cm³/mol. The van der Waals surface area contributed by atoms with Gasteiger partial charge in [-0.1, -0.05) is 238 Å². The molecule has 0 radical (unpaired) electrons. The van der Waals surface area contributed by atoms with Crippen LogP contribution >= 0.6 is 0 Å². The zero-order valence-electron chi connectivity index (χ0n) is 39.9. The molecule has 59 heavy (non-hydrogen) atoms. The van der Waals surface area contributed by atoms with E-state index in [0.717, 1.165) is 57.8 Å². The Morgan fingerprint density at radius 2 is 0.814 bits per heavy atom. The minimum absolute atomic E-state index is 0.0787. The van der Waals surface area contributed by atoms with Crippen molar-refractivity contribution < 1.29 is 24.5 Å². The minimum atomic E-state index is -0.784. The van der Waals surface area contributed by atoms with Gasteiger partial charge in [0.25, 0.3) is 0 Å². The Morgan fingerprint density at radius 1 is 0.475 bits per heavy atom. The molecule has 6 heteroatoms. The summed E-state index contributed by atoms with van der Waals surface area (Å²) in [4.78, 5) is 26.1. The van der Waals surface area contributed by atoms with Crippen LogP contribution in [0.25, 0.3) is 0 Å². The molecule has 6 nitrogen and oxygen atoms in total. The normalized spacial score (nSPS) is 13.2. The van der Waals surface area contributed by atoms with E-state index in [1.54, 1.807) is 0 Å². The van der Waals surface area contributed by atoms with E-state index in [-0.39, 0.29) is 24.9 Å². The Hall–Kier alpha value is -1.40. The summed E-state index contributed by atoms with van der Waals surface area (Å²) in [5, 5.41) is 23.8. The van der Waals surface area contributed by atoms with Crippen molar-refractivity contribution in [1.82, 2.24) is 5.32 Å². The van der Waals surface area contributed by atoms with E-state index in [2.05, 4.69) is 38.2 Å². The molecule has 3 unspecified atom stereocenters. The van der Waals surface area contributed by atoms with Gasteiger partial charge in [-0.2, -0.15) is 0 Å². The van der Waals surface area contributed by atoms with Crippen LogP contribution in [0.1, 0.15) is 290 Å². The number of rotatable bonds is 48. The first-order chi connectivity index (χ1) is 29.0. The summed E-state index contributed by atoms with van der Waals surface area (Å²) in [5.41, 5.74) is 0. The van der Waals surface area contributed by atoms with E-state index in [1.807, 2.05) is 0 Å². The number of carbonyl (C=O) groups is 2. The molecule has 0 saturated heterocycles. The van der Waals surface area contributed by atoms with E-state index in [4.69, 9.17) is 4.74 Å². The average Bonchev–Trinajstić information content (AvgIpc) is 3.23. The molecule has 0 aliphatic heterocycles. The fourth-order valence-electron chi connectivity index (χ4n) is 8.31. The summed E-state index contributed by atoms with van der Waals surface area (Å²) in [6.07, 6.45) is 52.7. The van der Waals surface area contributed by atoms with Crippen molar-refractivity contribution in [3.05, 3.63) is 12.2 Å². The summed E-state index contributed by atoms with van der Waals surface area (Å²) in [7, 11) is 0. The molecule has 3 N–H and O–H groups in total. The first-order valence-electron chi connectivity index (χ1n) is 26.4. The number of hydrogen-bond acceptors (Lipinski definition) is 5. The second-order valence-corrected chi connectivity index (χ2v) is 18.3. The van der Waals surface area contributed by atoms with Gasteiger partial charge in [0.2, 0.25) is 5.91 Å². The maximum atomic E-state index is 13.2. The standard InChI is InChI=1S/C53H103NO5/c1-4-7-10-13-16-19-22-24-26-28-30-32-35-38-41-44-49(59-53(58)46-43-40-37-34-21-18-15-12-9-6-3)47-52(57)54-50(48-55)51(56)45-42-39-36-33-31-29-27-25-23-20-17-14-11-8-5-2/h24,26,49-51,55-56H,4-23,25,27-48H2,1-3H3,(H,54,57)/b26-24+. The lowest BCUT2D eigenvalue weighted by molar-refractivity contribution is -0.151. The molecule has 0 bridgehead atoms. The van der Waals surface area contributed by atoms with Crippen molar-refractivity contribution >= 4 is 11.9 Å². The van der Waals surface area contributed by atoms with Crippen LogP contribution in [0.4, 0.5) is 0 Å². The molecular formula is C53H103NO5. The number of allylic oxidation sites excluding steroid dienone is 2. The third kappa shape index (κ3) is 43.1. The van der Waals surface area contributed by atoms with Crippen LogP contribution in [-0.2, 0) is 14.3 Å². The van der Waals surface area contributed by atoms with Gasteiger partial charge in [-0.05, 0) is 51.4 Å². The Balaban J connectivity index is 4.50. The van der Waals surface area contributed by atoms with Crippen molar-refractivity contribution in [1.29, 1.82) is 0 Å². The average molecular weight is 834 g/mol. The number of nitrogens with one attached hydrogen (secondary N) is 1. The van der Waals surface area contributed by atoms with E-state index >= 15 is 0 Å². The molecular weight excluding hydrogens is 731 g/mol. The van der Waals surface area contributed by atoms with E-state index in [1.165, 1.54) is 186 Å². The molecule has 0 fully saturated rings. The summed E-state index contributed by atoms with van der Waals surface area (Å²) < 4.78 is 5.93. The number of aliphatic hydroxyl groups excluding tert-OH is 2. The van der Waals surface area contributed by atoms with Crippen molar-refractivity contribution in [2.45, 2.75) is 309 Å². The fourth-order valence-corrected chi connectivity index (χ4v) is 8.31. The Morgan fingerprint density at radius 3 is 1.20 bits per heavy atom. The molecule has 1 amide bonds. The molecule has 0 rings (SSSR count). The smallest absolute Gasteiger partial charge is 0.306 e. The first kappa shape index (κ1) is 57.6. The number of hydrogen-bond donors (Lipinski definition) is 3. The van der Waals surface area contributed by atoms with Gasteiger partial charge in [-0.25, -0.2) is 0 Å². The lowest BCUT2D eigenvalue weighted by Crippen LogP contribution is -2.46. The number of amides is 1. The number of aliphatic hydroxyl groups is 2. The van der Waals surface area contributed by atoms with Gasteiger partial charge in [0.15, 0.2) is 0 Å². The zero-order chi connectivity index (χ0) is 43.1. The molecule has 3 atom stereocenters. The number of esters is 1. The van der Waals surface area contributed by atoms with E-state index < -0.39 is 18.2 Å². The van der Waals surface area contributed by atoms with Crippen molar-refractivity contribution in [2.24, 2.45) is 0 Å². The molecule has 0 aliphatic rings. The van der Waals surface area contributed by atoms with Crippen LogP contribution in [-0.4, -0.2) is 46.9 Å². The van der Waals surface area contributed by atoms with Gasteiger partial charge in [0.1, 0.15) is 6.10 Å². The molecule has 0 aromatic carbocycles. The summed E-state index contributed by atoms with van der Waals surface area (Å²) in [5.74, 6) is -0.467. The van der Waals surface area contributed by atoms with Crippen LogP contribution in [0.15, 0.2) is 12.2 Å². The van der Waals surface area contributed by atoms with Crippen molar-refractivity contribution in [3.63, 3.8) is 0 Å². The van der Waals surface area contributed by atoms with Crippen LogP contribution in [0.2, 0.25) is 0 Å². The van der Waals surface area contributed by atoms with Gasteiger partial charge >= 0.3 is 5.97 Å². The van der Waals surface area contributed by atoms with Crippen LogP contribution < -0.4 is 5.32 Å². The number of unbranched alkanes of at least 4 members (excludes halogenated alkanes) is 34. The highest BCUT2D eigenvalue weighted by molar-refractivity contribution is 5.77. The maximum Gasteiger partial charge on any atom is 0.306 e. The molecule has 350 valence electrons. The highest BCUT2D eigenvalue weighted by Crippen LogP contribution is 2.18. The Kier molecular flexibility index (Phi) is 46.5. The van der Waals surface area contributed by atoms with Crippen molar-refractivity contribution in [3.8, 4) is 0 Å². The summed E-state index contributed by atoms with van der Waals surface area (Å²) in [6, 6.07) is -0.697. The predicted octanol–water partition coefficient (Wildman–Crippen LogP) is 15.7. The molecule has 0 aromatic heterocycles. The monoisotopic (exact) mass is 834 g/mol. The van der Waals surface area contributed by atoms with Crippen LogP contribution in [0.3, 0.4) is 0 Å². The highest BCUT2D eigenvalue weighted by Gasteiger charge is 2.24. The lowest BCUT2D eigenvalue weighted by Gasteiger charge is -2.24. The van der Waals surface area contributed by atoms with Crippen LogP contribution in [0, 0.1) is 0 Å². The topological polar surface area (TPSA) is 95.9 Å². The SMILES string of the molecule is CCCCCCCC/C=C/CCCCCCCC(CC(=O)NC(CO)C(O)CCCCCCCCCCCCCCCCC)OC(=O)CCCCCCCCCCCC.